The van der Waals surface area contributed by atoms with Gasteiger partial charge in [0.05, 0.1) is 6.61 Å². The summed E-state index contributed by atoms with van der Waals surface area (Å²) in [5, 5.41) is 5.97. The van der Waals surface area contributed by atoms with Crippen LogP contribution < -0.4 is 10.2 Å². The van der Waals surface area contributed by atoms with Gasteiger partial charge in [0.15, 0.2) is 0 Å². The predicted molar refractivity (Wildman–Crippen MR) is 243 cm³/mol. The van der Waals surface area contributed by atoms with Crippen molar-refractivity contribution < 1.29 is 20.0 Å². The Labute approximate surface area is 351 Å². The Morgan fingerprint density at radius 2 is 1.91 bits per heavy atom. The number of rotatable bonds is 17. The molecule has 0 aliphatic carbocycles. The van der Waals surface area contributed by atoms with E-state index in [1.807, 2.05) is 32.9 Å². The van der Waals surface area contributed by atoms with Crippen LogP contribution in [-0.4, -0.2) is 105 Å². The van der Waals surface area contributed by atoms with Crippen LogP contribution in [0.2, 0.25) is 0 Å². The largest absolute Gasteiger partial charge is 0.488 e. The minimum absolute atomic E-state index is 0. The number of halogens is 1. The molecule has 322 valence electrons. The molecular formula is C49H76FN5O3. The first kappa shape index (κ1) is 45.6. The molecule has 58 heavy (non-hydrogen) atoms. The summed E-state index contributed by atoms with van der Waals surface area (Å²) in [7, 11) is 0. The Hall–Kier alpha value is -3.46. The number of piperazine rings is 1. The molecule has 7 rings (SSSR count). The molecule has 4 saturated heterocycles. The highest BCUT2D eigenvalue weighted by Gasteiger charge is 2.49. The average Bonchev–Trinajstić information content (AvgIpc) is 3.91. The number of amidine groups is 1. The molecule has 2 aromatic carbocycles. The van der Waals surface area contributed by atoms with E-state index in [0.29, 0.717) is 51.0 Å². The topological polar surface area (TPSA) is 61.8 Å². The lowest BCUT2D eigenvalue weighted by Crippen LogP contribution is -2.54. The number of hydrogen-bond donors (Lipinski definition) is 1. The maximum Gasteiger partial charge on any atom is 0.147 e. The van der Waals surface area contributed by atoms with E-state index in [0.717, 1.165) is 111 Å². The van der Waals surface area contributed by atoms with E-state index in [4.69, 9.17) is 19.2 Å². The molecule has 0 saturated carbocycles. The van der Waals surface area contributed by atoms with E-state index in [9.17, 15) is 0 Å². The first-order valence-electron chi connectivity index (χ1n) is 22.1. The van der Waals surface area contributed by atoms with Crippen molar-refractivity contribution in [2.45, 2.75) is 143 Å². The zero-order valence-corrected chi connectivity index (χ0v) is 35.7. The van der Waals surface area contributed by atoms with Crippen LogP contribution in [0.25, 0.3) is 10.8 Å². The molecule has 0 amide bonds. The highest BCUT2D eigenvalue weighted by Crippen LogP contribution is 2.43. The van der Waals surface area contributed by atoms with Crippen molar-refractivity contribution in [2.75, 3.05) is 64.1 Å². The number of benzene rings is 2. The number of fused-ring (bicyclic) bond motifs is 4. The van der Waals surface area contributed by atoms with Crippen molar-refractivity contribution >= 4 is 22.3 Å². The minimum atomic E-state index is -0.259. The molecule has 4 fully saturated rings. The first-order valence-corrected chi connectivity index (χ1v) is 22.1. The number of nitrogens with zero attached hydrogens (tertiary/aromatic N) is 4. The normalized spacial score (nSPS) is 24.9. The highest BCUT2D eigenvalue weighted by molar-refractivity contribution is 6.01. The van der Waals surface area contributed by atoms with Crippen LogP contribution >= 0.6 is 0 Å². The van der Waals surface area contributed by atoms with Crippen LogP contribution in [0.3, 0.4) is 0 Å². The zero-order chi connectivity index (χ0) is 40.4. The number of allylic oxidation sites excluding steroid dienone is 1. The molecule has 5 atom stereocenters. The predicted octanol–water partition coefficient (Wildman–Crippen LogP) is 10.2. The van der Waals surface area contributed by atoms with E-state index in [2.05, 4.69) is 71.0 Å². The SMILES string of the molecule is C.C=C=C(CCCOCCC=C)OC[C@H]1CC[C@@]2(COC(C)/N=C(\C3=C(C)CN(c4cccc5ccc(F)c(CC)c45)CC3)N3CC4CCC(C3)N4)CCCN12.CC.[HH]. The summed E-state index contributed by atoms with van der Waals surface area (Å²) in [5.41, 5.74) is 7.70. The van der Waals surface area contributed by atoms with Crippen LogP contribution in [0, 0.1) is 5.82 Å². The summed E-state index contributed by atoms with van der Waals surface area (Å²) in [6, 6.07) is 11.3. The number of ether oxygens (including phenoxy) is 3. The van der Waals surface area contributed by atoms with Crippen molar-refractivity contribution in [1.82, 2.24) is 15.1 Å². The van der Waals surface area contributed by atoms with E-state index < -0.39 is 0 Å². The molecule has 1 N–H and O–H groups in total. The van der Waals surface area contributed by atoms with Crippen LogP contribution in [-0.2, 0) is 20.6 Å². The van der Waals surface area contributed by atoms with Crippen molar-refractivity contribution in [3.05, 3.63) is 83.6 Å². The van der Waals surface area contributed by atoms with E-state index in [1.54, 1.807) is 6.07 Å². The smallest absolute Gasteiger partial charge is 0.147 e. The molecule has 3 unspecified atom stereocenters. The van der Waals surface area contributed by atoms with Crippen LogP contribution in [0.15, 0.2) is 77.2 Å². The van der Waals surface area contributed by atoms with E-state index in [-0.39, 0.29) is 26.4 Å². The van der Waals surface area contributed by atoms with Gasteiger partial charge in [-0.1, -0.05) is 64.8 Å². The fraction of sp³-hybridized carbons (Fsp3) is 0.633. The second kappa shape index (κ2) is 21.7. The fourth-order valence-electron chi connectivity index (χ4n) is 10.1. The third-order valence-corrected chi connectivity index (χ3v) is 12.9. The lowest BCUT2D eigenvalue weighted by molar-refractivity contribution is -0.0157. The van der Waals surface area contributed by atoms with E-state index in [1.165, 1.54) is 30.4 Å². The summed E-state index contributed by atoms with van der Waals surface area (Å²) < 4.78 is 33.8. The van der Waals surface area contributed by atoms with Gasteiger partial charge in [-0.15, -0.1) is 6.58 Å². The summed E-state index contributed by atoms with van der Waals surface area (Å²) >= 11 is 0. The van der Waals surface area contributed by atoms with Crippen molar-refractivity contribution in [1.29, 1.82) is 0 Å². The first-order chi connectivity index (χ1) is 27.8. The molecule has 0 aromatic heterocycles. The minimum Gasteiger partial charge on any atom is -0.488 e. The molecule has 5 heterocycles. The maximum atomic E-state index is 15.0. The second-order valence-corrected chi connectivity index (χ2v) is 16.5. The molecule has 2 aromatic rings. The monoisotopic (exact) mass is 802 g/mol. The Balaban J connectivity index is 0.00000189. The molecule has 9 heteroatoms. The van der Waals surface area contributed by atoms with Gasteiger partial charge >= 0.3 is 0 Å². The summed E-state index contributed by atoms with van der Waals surface area (Å²) in [6.45, 7) is 25.6. The van der Waals surface area contributed by atoms with Crippen molar-refractivity contribution in [2.24, 2.45) is 4.99 Å². The summed E-state index contributed by atoms with van der Waals surface area (Å²) in [5.74, 6) is 1.84. The Morgan fingerprint density at radius 1 is 1.12 bits per heavy atom. The molecule has 2 bridgehead atoms. The molecule has 0 radical (unpaired) electrons. The van der Waals surface area contributed by atoms with Crippen LogP contribution in [0.1, 0.15) is 113 Å². The quantitative estimate of drug-likeness (QED) is 0.0427. The molecule has 5 aliphatic rings. The number of hydrogen-bond acceptors (Lipinski definition) is 7. The van der Waals surface area contributed by atoms with Gasteiger partial charge in [-0.2, -0.15) is 0 Å². The fourth-order valence-corrected chi connectivity index (χ4v) is 10.1. The Bertz CT molecular complexity index is 1780. The van der Waals surface area contributed by atoms with Gasteiger partial charge in [0.1, 0.15) is 30.2 Å². The number of nitrogens with one attached hydrogen (secondary N) is 1. The third kappa shape index (κ3) is 10.5. The summed E-state index contributed by atoms with van der Waals surface area (Å²) in [6.07, 6.45) is 12.8. The van der Waals surface area contributed by atoms with E-state index >= 15 is 4.39 Å². The number of aliphatic imine (C=N–C) groups is 1. The van der Waals surface area contributed by atoms with Gasteiger partial charge in [-0.25, -0.2) is 9.38 Å². The number of anilines is 1. The van der Waals surface area contributed by atoms with Gasteiger partial charge in [-0.3, -0.25) is 4.90 Å². The van der Waals surface area contributed by atoms with Gasteiger partial charge < -0.3 is 29.3 Å². The second-order valence-electron chi connectivity index (χ2n) is 16.5. The molecule has 0 spiro atoms. The van der Waals surface area contributed by atoms with Gasteiger partial charge in [0, 0.05) is 82.0 Å². The highest BCUT2D eigenvalue weighted by atomic mass is 19.1. The number of aryl methyl sites for hydroxylation is 1. The lowest BCUT2D eigenvalue weighted by atomic mass is 9.95. The standard InChI is InChI=1S/C46H64FN5O3.C2H6.CH4.H2/c1-6-9-26-53-27-11-14-39(7-2)54-31-38-20-23-46(22-12-24-52(38)46)32-55-34(5)48-45(51-29-36-17-18-37(30-51)49-36)41-21-25-50(28-33(41)4)43-15-10-13-35-16-19-42(47)40(8-3)44(35)43;1-2;;/h6,10,13,15-16,19,34,36-38,49H,1-2,8-9,11-12,14,17-18,20-32H2,3-5H3;1-2H3;1H4;1H/b48-45+;;;/t34?,36?,37?,38-,46-;;;/m1.../s1. The lowest BCUT2D eigenvalue weighted by Gasteiger charge is -2.40. The maximum absolute atomic E-state index is 15.0. The zero-order valence-electron chi connectivity index (χ0n) is 35.7. The van der Waals surface area contributed by atoms with Gasteiger partial charge in [-0.05, 0) is 119 Å². The molecule has 5 aliphatic heterocycles. The Kier molecular flexibility index (Phi) is 17.1. The molecule has 8 nitrogen and oxygen atoms in total. The van der Waals surface area contributed by atoms with Crippen molar-refractivity contribution in [3.63, 3.8) is 0 Å². The third-order valence-electron chi connectivity index (χ3n) is 12.9. The average molecular weight is 802 g/mol. The van der Waals surface area contributed by atoms with Crippen LogP contribution in [0.4, 0.5) is 10.1 Å². The van der Waals surface area contributed by atoms with Gasteiger partial charge in [0.2, 0.25) is 0 Å². The number of likely N-dealkylation sites (tertiary alicyclic amines) is 1. The molecular weight excluding hydrogens is 726 g/mol. The van der Waals surface area contributed by atoms with Crippen molar-refractivity contribution in [3.8, 4) is 0 Å². The Morgan fingerprint density at radius 3 is 2.64 bits per heavy atom. The van der Waals surface area contributed by atoms with Crippen LogP contribution in [0.5, 0.6) is 0 Å². The summed E-state index contributed by atoms with van der Waals surface area (Å²) in [4.78, 5) is 13.1. The van der Waals surface area contributed by atoms with Gasteiger partial charge in [0.25, 0.3) is 0 Å².